The van der Waals surface area contributed by atoms with Crippen molar-refractivity contribution in [1.82, 2.24) is 19.1 Å². The molecule has 3 aromatic rings. The Morgan fingerprint density at radius 2 is 1.78 bits per heavy atom. The van der Waals surface area contributed by atoms with Crippen molar-refractivity contribution in [2.45, 2.75) is 44.0 Å². The van der Waals surface area contributed by atoms with Crippen molar-refractivity contribution in [2.24, 2.45) is 0 Å². The summed E-state index contributed by atoms with van der Waals surface area (Å²) in [7, 11) is -0.595. The monoisotopic (exact) mass is 453 g/mol. The standard InChI is InChI=1S/C23H27N5O3S/c1-16-8-9-18(22-26-25-21-7-5-4-6-14-28(21)22)15-20(16)24-23(29)17-10-12-19(13-11-17)32(30,31)27(2)3/h8-13,15H,4-7,14H2,1-3H3,(H,24,29). The maximum Gasteiger partial charge on any atom is 0.255 e. The highest BCUT2D eigenvalue weighted by Gasteiger charge is 2.19. The molecule has 0 fully saturated rings. The number of rotatable bonds is 5. The maximum atomic E-state index is 12.8. The van der Waals surface area contributed by atoms with Crippen LogP contribution in [0.25, 0.3) is 11.4 Å². The lowest BCUT2D eigenvalue weighted by Crippen LogP contribution is -2.22. The Hall–Kier alpha value is -3.04. The minimum Gasteiger partial charge on any atom is -0.322 e. The molecule has 1 aromatic heterocycles. The van der Waals surface area contributed by atoms with Crippen molar-refractivity contribution in [2.75, 3.05) is 19.4 Å². The van der Waals surface area contributed by atoms with Crippen LogP contribution in [0.4, 0.5) is 5.69 Å². The summed E-state index contributed by atoms with van der Waals surface area (Å²) in [6.45, 7) is 2.83. The summed E-state index contributed by atoms with van der Waals surface area (Å²) < 4.78 is 27.8. The van der Waals surface area contributed by atoms with Gasteiger partial charge in [-0.05, 0) is 55.7 Å². The van der Waals surface area contributed by atoms with Crippen LogP contribution in [0, 0.1) is 6.92 Å². The third-order valence-corrected chi connectivity index (χ3v) is 7.58. The lowest BCUT2D eigenvalue weighted by atomic mass is 10.1. The number of anilines is 1. The van der Waals surface area contributed by atoms with Crippen LogP contribution >= 0.6 is 0 Å². The van der Waals surface area contributed by atoms with Gasteiger partial charge < -0.3 is 9.88 Å². The third kappa shape index (κ3) is 4.31. The van der Waals surface area contributed by atoms with Gasteiger partial charge in [0, 0.05) is 43.9 Å². The highest BCUT2D eigenvalue weighted by Crippen LogP contribution is 2.27. The highest BCUT2D eigenvalue weighted by atomic mass is 32.2. The molecule has 0 bridgehead atoms. The van der Waals surface area contributed by atoms with Crippen LogP contribution in [0.15, 0.2) is 47.4 Å². The van der Waals surface area contributed by atoms with Gasteiger partial charge in [-0.1, -0.05) is 18.6 Å². The Morgan fingerprint density at radius 1 is 1.03 bits per heavy atom. The number of amides is 1. The topological polar surface area (TPSA) is 97.2 Å². The summed E-state index contributed by atoms with van der Waals surface area (Å²) in [6.07, 6.45) is 4.35. The van der Waals surface area contributed by atoms with E-state index < -0.39 is 10.0 Å². The fourth-order valence-electron chi connectivity index (χ4n) is 3.78. The van der Waals surface area contributed by atoms with Crippen LogP contribution in [0.5, 0.6) is 0 Å². The number of sulfonamides is 1. The molecule has 0 radical (unpaired) electrons. The summed E-state index contributed by atoms with van der Waals surface area (Å²) in [6, 6.07) is 11.8. The van der Waals surface area contributed by atoms with Crippen molar-refractivity contribution >= 4 is 21.6 Å². The molecule has 1 amide bonds. The number of carbonyl (C=O) groups excluding carboxylic acids is 1. The van der Waals surface area contributed by atoms with Gasteiger partial charge in [-0.25, -0.2) is 12.7 Å². The van der Waals surface area contributed by atoms with E-state index in [0.29, 0.717) is 11.3 Å². The minimum absolute atomic E-state index is 0.143. The summed E-state index contributed by atoms with van der Waals surface area (Å²) in [4.78, 5) is 13.0. The summed E-state index contributed by atoms with van der Waals surface area (Å²) in [5.74, 6) is 1.52. The van der Waals surface area contributed by atoms with Crippen molar-refractivity contribution in [1.29, 1.82) is 0 Å². The molecule has 168 valence electrons. The van der Waals surface area contributed by atoms with Gasteiger partial charge in [0.15, 0.2) is 5.82 Å². The molecule has 1 aliphatic heterocycles. The molecule has 2 heterocycles. The first-order chi connectivity index (χ1) is 15.3. The minimum atomic E-state index is -3.54. The van der Waals surface area contributed by atoms with E-state index in [0.717, 1.165) is 52.9 Å². The molecule has 0 unspecified atom stereocenters. The van der Waals surface area contributed by atoms with Gasteiger partial charge in [0.05, 0.1) is 4.90 Å². The lowest BCUT2D eigenvalue weighted by Gasteiger charge is -2.13. The van der Waals surface area contributed by atoms with Crippen LogP contribution in [-0.4, -0.2) is 47.5 Å². The van der Waals surface area contributed by atoms with E-state index in [1.54, 1.807) is 0 Å². The number of aryl methyl sites for hydroxylation is 2. The molecule has 4 rings (SSSR count). The molecule has 0 aliphatic carbocycles. The van der Waals surface area contributed by atoms with Gasteiger partial charge in [0.2, 0.25) is 10.0 Å². The summed E-state index contributed by atoms with van der Waals surface area (Å²) in [5.41, 5.74) is 2.89. The molecule has 9 heteroatoms. The van der Waals surface area contributed by atoms with E-state index in [1.807, 2.05) is 25.1 Å². The van der Waals surface area contributed by atoms with Crippen molar-refractivity contribution in [3.8, 4) is 11.4 Å². The lowest BCUT2D eigenvalue weighted by molar-refractivity contribution is 0.102. The van der Waals surface area contributed by atoms with Crippen LogP contribution in [-0.2, 0) is 23.0 Å². The zero-order valence-electron chi connectivity index (χ0n) is 18.5. The van der Waals surface area contributed by atoms with Gasteiger partial charge in [0.25, 0.3) is 5.91 Å². The number of aromatic nitrogens is 3. The fourth-order valence-corrected chi connectivity index (χ4v) is 4.68. The zero-order valence-corrected chi connectivity index (χ0v) is 19.3. The molecule has 1 N–H and O–H groups in total. The average Bonchev–Trinajstić information content (AvgIpc) is 3.03. The molecule has 0 saturated carbocycles. The van der Waals surface area contributed by atoms with Crippen LogP contribution in [0.2, 0.25) is 0 Å². The number of benzene rings is 2. The van der Waals surface area contributed by atoms with Gasteiger partial charge in [-0.2, -0.15) is 0 Å². The number of hydrogen-bond donors (Lipinski definition) is 1. The summed E-state index contributed by atoms with van der Waals surface area (Å²) >= 11 is 0. The predicted octanol–water partition coefficient (Wildman–Crippen LogP) is 3.48. The number of hydrogen-bond acceptors (Lipinski definition) is 5. The van der Waals surface area contributed by atoms with E-state index >= 15 is 0 Å². The first-order valence-electron chi connectivity index (χ1n) is 10.6. The average molecular weight is 454 g/mol. The quantitative estimate of drug-likeness (QED) is 0.638. The first-order valence-corrected chi connectivity index (χ1v) is 12.1. The Kier molecular flexibility index (Phi) is 6.12. The van der Waals surface area contributed by atoms with Gasteiger partial charge in [-0.15, -0.1) is 10.2 Å². The van der Waals surface area contributed by atoms with E-state index in [1.165, 1.54) is 44.8 Å². The van der Waals surface area contributed by atoms with E-state index in [2.05, 4.69) is 20.1 Å². The Balaban J connectivity index is 1.58. The summed E-state index contributed by atoms with van der Waals surface area (Å²) in [5, 5.41) is 11.7. The van der Waals surface area contributed by atoms with Crippen LogP contribution in [0.1, 0.15) is 41.0 Å². The Labute approximate surface area is 188 Å². The highest BCUT2D eigenvalue weighted by molar-refractivity contribution is 7.89. The molecule has 8 nitrogen and oxygen atoms in total. The molecule has 1 aliphatic rings. The van der Waals surface area contributed by atoms with Crippen LogP contribution < -0.4 is 5.32 Å². The second-order valence-corrected chi connectivity index (χ2v) is 10.3. The van der Waals surface area contributed by atoms with E-state index in [9.17, 15) is 13.2 Å². The third-order valence-electron chi connectivity index (χ3n) is 5.75. The Morgan fingerprint density at radius 3 is 2.50 bits per heavy atom. The maximum absolute atomic E-state index is 12.8. The largest absolute Gasteiger partial charge is 0.322 e. The van der Waals surface area contributed by atoms with Gasteiger partial charge >= 0.3 is 0 Å². The fraction of sp³-hybridized carbons (Fsp3) is 0.348. The van der Waals surface area contributed by atoms with Gasteiger partial charge in [-0.3, -0.25) is 4.79 Å². The second-order valence-electron chi connectivity index (χ2n) is 8.20. The van der Waals surface area contributed by atoms with E-state index in [-0.39, 0.29) is 10.8 Å². The predicted molar refractivity (Wildman–Crippen MR) is 123 cm³/mol. The number of nitrogens with one attached hydrogen (secondary N) is 1. The van der Waals surface area contributed by atoms with Crippen LogP contribution in [0.3, 0.4) is 0 Å². The molecule has 2 aromatic carbocycles. The normalized spacial score (nSPS) is 14.1. The van der Waals surface area contributed by atoms with Crippen molar-refractivity contribution in [3.05, 3.63) is 59.4 Å². The molecule has 0 saturated heterocycles. The molecule has 0 spiro atoms. The molecular formula is C23H27N5O3S. The first kappa shape index (κ1) is 22.2. The number of nitrogens with zero attached hydrogens (tertiary/aromatic N) is 4. The van der Waals surface area contributed by atoms with E-state index in [4.69, 9.17) is 0 Å². The Bertz CT molecular complexity index is 1250. The SMILES string of the molecule is Cc1ccc(-c2nnc3n2CCCCC3)cc1NC(=O)c1ccc(S(=O)(=O)N(C)C)cc1. The molecule has 32 heavy (non-hydrogen) atoms. The number of fused-ring (bicyclic) bond motifs is 1. The second kappa shape index (κ2) is 8.84. The zero-order chi connectivity index (χ0) is 22.9. The van der Waals surface area contributed by atoms with Crippen molar-refractivity contribution < 1.29 is 13.2 Å². The smallest absolute Gasteiger partial charge is 0.255 e. The van der Waals surface area contributed by atoms with Gasteiger partial charge in [0.1, 0.15) is 5.82 Å². The van der Waals surface area contributed by atoms with Crippen molar-refractivity contribution in [3.63, 3.8) is 0 Å². The molecule has 0 atom stereocenters. The molecular weight excluding hydrogens is 426 g/mol. The number of carbonyl (C=O) groups is 1.